The lowest BCUT2D eigenvalue weighted by Crippen LogP contribution is -2.19. The van der Waals surface area contributed by atoms with E-state index < -0.39 is 0 Å². The maximum atomic E-state index is 11.7. The zero-order valence-corrected chi connectivity index (χ0v) is 10.8. The molecule has 0 unspecified atom stereocenters. The fraction of sp³-hybridized carbons (Fsp3) is 0.417. The molecule has 0 aliphatic carbocycles. The highest BCUT2D eigenvalue weighted by Crippen LogP contribution is 2.27. The SMILES string of the molecule is CCC(CC)C(=O)Oc1ccc(Cl)c(Cl)c1. The standard InChI is InChI=1S/C12H14Cl2O2/c1-3-8(4-2)12(15)16-9-5-6-10(13)11(14)7-9/h5-8H,3-4H2,1-2H3. The third-order valence-corrected chi connectivity index (χ3v) is 3.17. The molecule has 0 saturated carbocycles. The third kappa shape index (κ3) is 3.39. The topological polar surface area (TPSA) is 26.3 Å². The molecule has 0 spiro atoms. The van der Waals surface area contributed by atoms with Gasteiger partial charge in [-0.2, -0.15) is 0 Å². The summed E-state index contributed by atoms with van der Waals surface area (Å²) in [5.74, 6) is 0.157. The van der Waals surface area contributed by atoms with Crippen molar-refractivity contribution in [2.24, 2.45) is 5.92 Å². The Morgan fingerprint density at radius 2 is 1.88 bits per heavy atom. The predicted octanol–water partition coefficient (Wildman–Crippen LogP) is 4.34. The third-order valence-electron chi connectivity index (χ3n) is 2.43. The molecule has 0 bridgehead atoms. The first-order chi connectivity index (χ1) is 7.58. The Balaban J connectivity index is 2.73. The Kier molecular flexibility index (Phi) is 5.10. The molecule has 0 aromatic heterocycles. The molecule has 0 heterocycles. The van der Waals surface area contributed by atoms with Crippen molar-refractivity contribution < 1.29 is 9.53 Å². The fourth-order valence-corrected chi connectivity index (χ4v) is 1.65. The van der Waals surface area contributed by atoms with Gasteiger partial charge in [0.2, 0.25) is 0 Å². The van der Waals surface area contributed by atoms with Crippen molar-refractivity contribution in [3.05, 3.63) is 28.2 Å². The Morgan fingerprint density at radius 1 is 1.25 bits per heavy atom. The number of hydrogen-bond donors (Lipinski definition) is 0. The predicted molar refractivity (Wildman–Crippen MR) is 66.2 cm³/mol. The van der Waals surface area contributed by atoms with Crippen LogP contribution in [0.4, 0.5) is 0 Å². The summed E-state index contributed by atoms with van der Waals surface area (Å²) in [5, 5.41) is 0.834. The van der Waals surface area contributed by atoms with Gasteiger partial charge in [-0.15, -0.1) is 0 Å². The van der Waals surface area contributed by atoms with E-state index in [2.05, 4.69) is 0 Å². The van der Waals surface area contributed by atoms with Crippen molar-refractivity contribution in [3.63, 3.8) is 0 Å². The van der Waals surface area contributed by atoms with Crippen LogP contribution in [0.1, 0.15) is 26.7 Å². The molecule has 0 aliphatic heterocycles. The Hall–Kier alpha value is -0.730. The van der Waals surface area contributed by atoms with Crippen molar-refractivity contribution in [2.75, 3.05) is 0 Å². The van der Waals surface area contributed by atoms with Crippen molar-refractivity contribution in [2.45, 2.75) is 26.7 Å². The monoisotopic (exact) mass is 260 g/mol. The van der Waals surface area contributed by atoms with E-state index in [-0.39, 0.29) is 11.9 Å². The van der Waals surface area contributed by atoms with E-state index in [1.807, 2.05) is 13.8 Å². The molecule has 1 rings (SSSR count). The van der Waals surface area contributed by atoms with Crippen LogP contribution in [0.25, 0.3) is 0 Å². The summed E-state index contributed by atoms with van der Waals surface area (Å²) in [6.07, 6.45) is 1.55. The maximum Gasteiger partial charge on any atom is 0.314 e. The van der Waals surface area contributed by atoms with Crippen molar-refractivity contribution in [3.8, 4) is 5.75 Å². The first-order valence-corrected chi connectivity index (χ1v) is 6.00. The minimum Gasteiger partial charge on any atom is -0.426 e. The van der Waals surface area contributed by atoms with E-state index in [1.54, 1.807) is 18.2 Å². The average molecular weight is 261 g/mol. The summed E-state index contributed by atoms with van der Waals surface area (Å²) in [6, 6.07) is 4.79. The zero-order chi connectivity index (χ0) is 12.1. The van der Waals surface area contributed by atoms with E-state index in [1.165, 1.54) is 0 Å². The van der Waals surface area contributed by atoms with Gasteiger partial charge < -0.3 is 4.74 Å². The lowest BCUT2D eigenvalue weighted by molar-refractivity contribution is -0.139. The molecular formula is C12H14Cl2O2. The molecule has 0 aliphatic rings. The summed E-state index contributed by atoms with van der Waals surface area (Å²) < 4.78 is 5.21. The van der Waals surface area contributed by atoms with Gasteiger partial charge in [-0.25, -0.2) is 0 Å². The smallest absolute Gasteiger partial charge is 0.314 e. The van der Waals surface area contributed by atoms with Gasteiger partial charge in [0.25, 0.3) is 0 Å². The highest BCUT2D eigenvalue weighted by Gasteiger charge is 2.16. The number of carbonyl (C=O) groups is 1. The molecule has 1 aromatic rings. The largest absolute Gasteiger partial charge is 0.426 e. The van der Waals surface area contributed by atoms with E-state index in [0.29, 0.717) is 15.8 Å². The van der Waals surface area contributed by atoms with Gasteiger partial charge in [0, 0.05) is 6.07 Å². The van der Waals surface area contributed by atoms with Gasteiger partial charge in [-0.05, 0) is 25.0 Å². The molecule has 16 heavy (non-hydrogen) atoms. The molecular weight excluding hydrogens is 247 g/mol. The van der Waals surface area contributed by atoms with Crippen LogP contribution in [0.5, 0.6) is 5.75 Å². The number of benzene rings is 1. The van der Waals surface area contributed by atoms with Crippen molar-refractivity contribution >= 4 is 29.2 Å². The Labute approximate surface area is 106 Å². The Bertz CT molecular complexity index is 373. The quantitative estimate of drug-likeness (QED) is 0.595. The van der Waals surface area contributed by atoms with Crippen LogP contribution in [0.3, 0.4) is 0 Å². The molecule has 0 atom stereocenters. The first-order valence-electron chi connectivity index (χ1n) is 5.25. The number of esters is 1. The average Bonchev–Trinajstić information content (AvgIpc) is 2.25. The highest BCUT2D eigenvalue weighted by atomic mass is 35.5. The second-order valence-corrected chi connectivity index (χ2v) is 4.32. The lowest BCUT2D eigenvalue weighted by atomic mass is 10.0. The van der Waals surface area contributed by atoms with E-state index in [0.717, 1.165) is 12.8 Å². The van der Waals surface area contributed by atoms with Crippen LogP contribution in [0.2, 0.25) is 10.0 Å². The molecule has 88 valence electrons. The van der Waals surface area contributed by atoms with Gasteiger partial charge in [0.15, 0.2) is 0 Å². The number of ether oxygens (including phenoxy) is 1. The van der Waals surface area contributed by atoms with Gasteiger partial charge in [0.1, 0.15) is 5.75 Å². The highest BCUT2D eigenvalue weighted by molar-refractivity contribution is 6.42. The molecule has 0 N–H and O–H groups in total. The molecule has 0 saturated heterocycles. The van der Waals surface area contributed by atoms with Gasteiger partial charge in [-0.1, -0.05) is 37.0 Å². The van der Waals surface area contributed by atoms with Crippen LogP contribution in [0, 0.1) is 5.92 Å². The van der Waals surface area contributed by atoms with Gasteiger partial charge in [-0.3, -0.25) is 4.79 Å². The zero-order valence-electron chi connectivity index (χ0n) is 9.30. The lowest BCUT2D eigenvalue weighted by Gasteiger charge is -2.11. The maximum absolute atomic E-state index is 11.7. The minimum atomic E-state index is -0.219. The number of rotatable bonds is 4. The number of hydrogen-bond acceptors (Lipinski definition) is 2. The van der Waals surface area contributed by atoms with E-state index >= 15 is 0 Å². The molecule has 2 nitrogen and oxygen atoms in total. The molecule has 0 radical (unpaired) electrons. The summed E-state index contributed by atoms with van der Waals surface area (Å²) in [7, 11) is 0. The summed E-state index contributed by atoms with van der Waals surface area (Å²) >= 11 is 11.6. The van der Waals surface area contributed by atoms with Crippen molar-refractivity contribution in [1.29, 1.82) is 0 Å². The van der Waals surface area contributed by atoms with Crippen LogP contribution in [-0.2, 0) is 4.79 Å². The molecule has 4 heteroatoms. The number of halogens is 2. The van der Waals surface area contributed by atoms with Crippen molar-refractivity contribution in [1.82, 2.24) is 0 Å². The molecule has 0 amide bonds. The van der Waals surface area contributed by atoms with Crippen LogP contribution >= 0.6 is 23.2 Å². The fourth-order valence-electron chi connectivity index (χ4n) is 1.36. The molecule has 0 fully saturated rings. The Morgan fingerprint density at radius 3 is 2.38 bits per heavy atom. The van der Waals surface area contributed by atoms with Crippen LogP contribution < -0.4 is 4.74 Å². The normalized spacial score (nSPS) is 10.6. The second kappa shape index (κ2) is 6.12. The van der Waals surface area contributed by atoms with Gasteiger partial charge >= 0.3 is 5.97 Å². The summed E-state index contributed by atoms with van der Waals surface area (Å²) in [4.78, 5) is 11.7. The van der Waals surface area contributed by atoms with E-state index in [4.69, 9.17) is 27.9 Å². The first kappa shape index (κ1) is 13.3. The number of carbonyl (C=O) groups excluding carboxylic acids is 1. The van der Waals surface area contributed by atoms with Crippen LogP contribution in [0.15, 0.2) is 18.2 Å². The summed E-state index contributed by atoms with van der Waals surface area (Å²) in [5.41, 5.74) is 0. The second-order valence-electron chi connectivity index (χ2n) is 3.51. The van der Waals surface area contributed by atoms with E-state index in [9.17, 15) is 4.79 Å². The molecule has 1 aromatic carbocycles. The minimum absolute atomic E-state index is 0.0607. The van der Waals surface area contributed by atoms with Crippen LogP contribution in [-0.4, -0.2) is 5.97 Å². The van der Waals surface area contributed by atoms with Gasteiger partial charge in [0.05, 0.1) is 16.0 Å². The summed E-state index contributed by atoms with van der Waals surface area (Å²) in [6.45, 7) is 3.93.